The van der Waals surface area contributed by atoms with Gasteiger partial charge in [-0.05, 0) is 22.4 Å². The fourth-order valence-electron chi connectivity index (χ4n) is 3.60. The van der Waals surface area contributed by atoms with Crippen molar-refractivity contribution in [3.8, 4) is 11.3 Å². The number of hydrogen-bond donors (Lipinski definition) is 1. The molecule has 0 radical (unpaired) electrons. The summed E-state index contributed by atoms with van der Waals surface area (Å²) in [6.07, 6.45) is -5.61. The van der Waals surface area contributed by atoms with Gasteiger partial charge in [-0.2, -0.15) is 23.3 Å². The van der Waals surface area contributed by atoms with E-state index in [9.17, 15) is 18.3 Å². The van der Waals surface area contributed by atoms with Crippen molar-refractivity contribution in [2.45, 2.75) is 18.3 Å². The molecule has 4 nitrogen and oxygen atoms in total. The van der Waals surface area contributed by atoms with Crippen LogP contribution in [0.5, 0.6) is 0 Å². The first kappa shape index (κ1) is 19.7. The average Bonchev–Trinajstić information content (AvgIpc) is 3.39. The lowest BCUT2D eigenvalue weighted by Crippen LogP contribution is -2.55. The highest BCUT2D eigenvalue weighted by atomic mass is 32.1. The Morgan fingerprint density at radius 1 is 0.903 bits per heavy atom. The normalized spacial score (nSPS) is 19.1. The number of alkyl halides is 3. The molecule has 0 bridgehead atoms. The molecule has 1 aliphatic heterocycles. The molecule has 2 heterocycles. The largest absolute Gasteiger partial charge is 0.438 e. The summed E-state index contributed by atoms with van der Waals surface area (Å²) in [5.74, 6) is 0. The van der Waals surface area contributed by atoms with Crippen LogP contribution in [0, 0.1) is 0 Å². The summed E-state index contributed by atoms with van der Waals surface area (Å²) in [7, 11) is 0. The number of aromatic nitrogens is 1. The lowest BCUT2D eigenvalue weighted by molar-refractivity contribution is -0.254. The lowest BCUT2D eigenvalue weighted by atomic mass is 9.98. The van der Waals surface area contributed by atoms with E-state index in [0.29, 0.717) is 16.3 Å². The number of halogens is 3. The minimum atomic E-state index is -4.92. The van der Waals surface area contributed by atoms with Crippen molar-refractivity contribution in [2.24, 2.45) is 5.10 Å². The highest BCUT2D eigenvalue weighted by molar-refractivity contribution is 7.14. The molecule has 4 aromatic rings. The molecular weight excluding hydrogens is 423 g/mol. The second-order valence-corrected chi connectivity index (χ2v) is 8.13. The molecule has 5 rings (SSSR count). The fourth-order valence-corrected chi connectivity index (χ4v) is 4.45. The molecule has 0 saturated carbocycles. The Labute approximate surface area is 179 Å². The fraction of sp³-hybridized carbons (Fsp3) is 0.130. The van der Waals surface area contributed by atoms with E-state index >= 15 is 0 Å². The monoisotopic (exact) mass is 439 g/mol. The van der Waals surface area contributed by atoms with Gasteiger partial charge >= 0.3 is 6.18 Å². The van der Waals surface area contributed by atoms with E-state index in [1.165, 1.54) is 0 Å². The Balaban J connectivity index is 1.57. The second-order valence-electron chi connectivity index (χ2n) is 7.29. The minimum Gasteiger partial charge on any atom is -0.362 e. The Hall–Kier alpha value is -3.23. The minimum absolute atomic E-state index is 0.0190. The van der Waals surface area contributed by atoms with Crippen molar-refractivity contribution in [1.29, 1.82) is 0 Å². The number of aliphatic hydroxyl groups is 1. The first-order valence-corrected chi connectivity index (χ1v) is 10.4. The third-order valence-corrected chi connectivity index (χ3v) is 6.08. The van der Waals surface area contributed by atoms with Crippen LogP contribution >= 0.6 is 11.3 Å². The van der Waals surface area contributed by atoms with Crippen LogP contribution < -0.4 is 5.01 Å². The van der Waals surface area contributed by atoms with Crippen molar-refractivity contribution in [2.75, 3.05) is 5.01 Å². The molecule has 8 heteroatoms. The Morgan fingerprint density at radius 2 is 1.61 bits per heavy atom. The Kier molecular flexibility index (Phi) is 4.56. The van der Waals surface area contributed by atoms with Crippen molar-refractivity contribution < 1.29 is 18.3 Å². The van der Waals surface area contributed by atoms with Gasteiger partial charge in [0.2, 0.25) is 5.13 Å². The molecule has 1 unspecified atom stereocenters. The number of hydrogen-bond acceptors (Lipinski definition) is 5. The maximum atomic E-state index is 14.0. The molecule has 0 fully saturated rings. The van der Waals surface area contributed by atoms with Gasteiger partial charge < -0.3 is 5.11 Å². The lowest BCUT2D eigenvalue weighted by Gasteiger charge is -2.32. The molecule has 31 heavy (non-hydrogen) atoms. The molecular formula is C23H16F3N3OS. The standard InChI is InChI=1S/C23H16F3N3OS/c24-23(25,26)22(30)13-19(18-11-10-15-6-4-5-9-17(15)12-18)28-29(22)21-27-20(14-31-21)16-7-2-1-3-8-16/h1-12,14,30H,13H2. The van der Waals surface area contributed by atoms with Gasteiger partial charge in [0.25, 0.3) is 5.72 Å². The number of anilines is 1. The summed E-state index contributed by atoms with van der Waals surface area (Å²) in [6, 6.07) is 22.0. The summed E-state index contributed by atoms with van der Waals surface area (Å²) in [5, 5.41) is 19.0. The number of thiazole rings is 1. The van der Waals surface area contributed by atoms with Crippen LogP contribution in [0.1, 0.15) is 12.0 Å². The molecule has 1 aliphatic rings. The maximum absolute atomic E-state index is 14.0. The van der Waals surface area contributed by atoms with Crippen LogP contribution in [-0.4, -0.2) is 27.7 Å². The summed E-state index contributed by atoms with van der Waals surface area (Å²) in [5.41, 5.74) is -1.18. The number of nitrogens with zero attached hydrogens (tertiary/aromatic N) is 3. The molecule has 0 spiro atoms. The van der Waals surface area contributed by atoms with E-state index in [0.717, 1.165) is 27.7 Å². The Morgan fingerprint density at radius 3 is 2.35 bits per heavy atom. The van der Waals surface area contributed by atoms with Gasteiger partial charge in [-0.25, -0.2) is 4.98 Å². The molecule has 3 aromatic carbocycles. The molecule has 0 saturated heterocycles. The topological polar surface area (TPSA) is 48.7 Å². The first-order chi connectivity index (χ1) is 14.8. The van der Waals surface area contributed by atoms with Gasteiger partial charge in [-0.1, -0.05) is 66.7 Å². The number of hydrazone groups is 1. The van der Waals surface area contributed by atoms with E-state index in [4.69, 9.17) is 0 Å². The van der Waals surface area contributed by atoms with Crippen LogP contribution in [0.15, 0.2) is 83.3 Å². The third kappa shape index (κ3) is 3.37. The van der Waals surface area contributed by atoms with E-state index in [1.54, 1.807) is 17.5 Å². The molecule has 0 aliphatic carbocycles. The van der Waals surface area contributed by atoms with Crippen LogP contribution in [0.2, 0.25) is 0 Å². The predicted molar refractivity (Wildman–Crippen MR) is 116 cm³/mol. The molecule has 1 aromatic heterocycles. The van der Waals surface area contributed by atoms with Crippen LogP contribution in [0.3, 0.4) is 0 Å². The highest BCUT2D eigenvalue weighted by Gasteiger charge is 2.62. The quantitative estimate of drug-likeness (QED) is 0.437. The zero-order valence-corrected chi connectivity index (χ0v) is 16.9. The van der Waals surface area contributed by atoms with Gasteiger partial charge in [0.05, 0.1) is 17.8 Å². The summed E-state index contributed by atoms with van der Waals surface area (Å²) in [4.78, 5) is 4.33. The van der Waals surface area contributed by atoms with E-state index in [2.05, 4.69) is 10.1 Å². The van der Waals surface area contributed by atoms with Gasteiger partial charge in [-0.15, -0.1) is 11.3 Å². The van der Waals surface area contributed by atoms with Gasteiger partial charge in [0, 0.05) is 10.9 Å². The van der Waals surface area contributed by atoms with Crippen molar-refractivity contribution in [3.05, 3.63) is 83.7 Å². The molecule has 1 atom stereocenters. The highest BCUT2D eigenvalue weighted by Crippen LogP contribution is 2.45. The van der Waals surface area contributed by atoms with Crippen LogP contribution in [-0.2, 0) is 0 Å². The van der Waals surface area contributed by atoms with Gasteiger partial charge in [0.15, 0.2) is 0 Å². The predicted octanol–water partition coefficient (Wildman–Crippen LogP) is 5.83. The van der Waals surface area contributed by atoms with Crippen molar-refractivity contribution in [3.63, 3.8) is 0 Å². The SMILES string of the molecule is OC1(C(F)(F)F)CC(c2ccc3ccccc3c2)=NN1c1nc(-c2ccccc2)cs1. The van der Waals surface area contributed by atoms with E-state index in [1.807, 2.05) is 60.7 Å². The van der Waals surface area contributed by atoms with Gasteiger partial charge in [0.1, 0.15) is 0 Å². The van der Waals surface area contributed by atoms with Crippen molar-refractivity contribution >= 4 is 33.0 Å². The average molecular weight is 439 g/mol. The van der Waals surface area contributed by atoms with Crippen LogP contribution in [0.25, 0.3) is 22.0 Å². The molecule has 156 valence electrons. The smallest absolute Gasteiger partial charge is 0.362 e. The third-order valence-electron chi connectivity index (χ3n) is 5.26. The maximum Gasteiger partial charge on any atom is 0.438 e. The summed E-state index contributed by atoms with van der Waals surface area (Å²) >= 11 is 1.01. The summed E-state index contributed by atoms with van der Waals surface area (Å²) in [6.45, 7) is 0. The summed E-state index contributed by atoms with van der Waals surface area (Å²) < 4.78 is 41.9. The zero-order chi connectivity index (χ0) is 21.6. The van der Waals surface area contributed by atoms with Crippen LogP contribution in [0.4, 0.5) is 18.3 Å². The van der Waals surface area contributed by atoms with Gasteiger partial charge in [-0.3, -0.25) is 0 Å². The molecule has 1 N–H and O–H groups in total. The number of benzene rings is 3. The van der Waals surface area contributed by atoms with E-state index < -0.39 is 18.3 Å². The number of fused-ring (bicyclic) bond motifs is 1. The number of rotatable bonds is 3. The Bertz CT molecular complexity index is 1290. The second kappa shape index (κ2) is 7.18. The zero-order valence-electron chi connectivity index (χ0n) is 16.0. The first-order valence-electron chi connectivity index (χ1n) is 9.52. The molecule has 0 amide bonds. The van der Waals surface area contributed by atoms with E-state index in [-0.39, 0.29) is 10.8 Å². The van der Waals surface area contributed by atoms with Crippen molar-refractivity contribution in [1.82, 2.24) is 4.98 Å².